The zero-order valence-corrected chi connectivity index (χ0v) is 13.9. The van der Waals surface area contributed by atoms with Crippen LogP contribution in [0.1, 0.15) is 22.5 Å². The molecule has 3 aromatic rings. The Hall–Kier alpha value is -3.24. The highest BCUT2D eigenvalue weighted by Crippen LogP contribution is 2.27. The monoisotopic (exact) mass is 377 g/mol. The number of amides is 1. The minimum atomic E-state index is -4.53. The summed E-state index contributed by atoms with van der Waals surface area (Å²) in [7, 11) is 0. The molecule has 11 heteroatoms. The van der Waals surface area contributed by atoms with Crippen molar-refractivity contribution in [2.45, 2.75) is 18.6 Å². The molecule has 1 saturated heterocycles. The van der Waals surface area contributed by atoms with Crippen LogP contribution in [0, 0.1) is 0 Å². The van der Waals surface area contributed by atoms with Crippen LogP contribution in [0.4, 0.5) is 19.0 Å². The summed E-state index contributed by atoms with van der Waals surface area (Å²) in [4.78, 5) is 21.9. The minimum absolute atomic E-state index is 0.0825. The maximum Gasteiger partial charge on any atom is 0.433 e. The second kappa shape index (κ2) is 6.49. The highest BCUT2D eigenvalue weighted by Gasteiger charge is 2.32. The molecule has 0 bridgehead atoms. The van der Waals surface area contributed by atoms with Crippen LogP contribution in [0.25, 0.3) is 5.65 Å². The summed E-state index contributed by atoms with van der Waals surface area (Å²) in [5.74, 6) is 0.208. The third-order valence-electron chi connectivity index (χ3n) is 4.34. The molecular formula is C16H14F3N7O. The molecule has 3 aromatic heterocycles. The molecular weight excluding hydrogens is 363 g/mol. The van der Waals surface area contributed by atoms with Crippen LogP contribution in [-0.2, 0) is 6.18 Å². The van der Waals surface area contributed by atoms with Gasteiger partial charge in [-0.25, -0.2) is 4.98 Å². The first-order valence-corrected chi connectivity index (χ1v) is 8.15. The fraction of sp³-hybridized carbons (Fsp3) is 0.312. The van der Waals surface area contributed by atoms with Gasteiger partial charge in [0.2, 0.25) is 5.65 Å². The lowest BCUT2D eigenvalue weighted by Gasteiger charge is -2.18. The van der Waals surface area contributed by atoms with E-state index in [2.05, 4.69) is 25.5 Å². The number of nitrogens with one attached hydrogen (secondary N) is 1. The molecule has 4 heterocycles. The van der Waals surface area contributed by atoms with Crippen molar-refractivity contribution in [2.24, 2.45) is 0 Å². The number of anilines is 1. The summed E-state index contributed by atoms with van der Waals surface area (Å²) in [5.41, 5.74) is -0.325. The molecule has 1 fully saturated rings. The van der Waals surface area contributed by atoms with Crippen molar-refractivity contribution in [3.8, 4) is 0 Å². The van der Waals surface area contributed by atoms with Gasteiger partial charge in [0.25, 0.3) is 5.91 Å². The van der Waals surface area contributed by atoms with Crippen molar-refractivity contribution < 1.29 is 18.0 Å². The van der Waals surface area contributed by atoms with Gasteiger partial charge in [-0.3, -0.25) is 14.2 Å². The number of aromatic nitrogens is 5. The largest absolute Gasteiger partial charge is 0.433 e. The van der Waals surface area contributed by atoms with E-state index in [1.165, 1.54) is 0 Å². The van der Waals surface area contributed by atoms with Crippen molar-refractivity contribution in [1.29, 1.82) is 0 Å². The Morgan fingerprint density at radius 3 is 2.85 bits per heavy atom. The average molecular weight is 377 g/mol. The van der Waals surface area contributed by atoms with E-state index in [0.29, 0.717) is 31.0 Å². The lowest BCUT2D eigenvalue weighted by atomic mass is 10.2. The van der Waals surface area contributed by atoms with Gasteiger partial charge in [0.05, 0.1) is 5.56 Å². The van der Waals surface area contributed by atoms with Crippen LogP contribution in [0.3, 0.4) is 0 Å². The molecule has 1 aliphatic heterocycles. The maximum absolute atomic E-state index is 12.6. The number of hydrogen-bond acceptors (Lipinski definition) is 6. The molecule has 27 heavy (non-hydrogen) atoms. The molecule has 4 rings (SSSR count). The molecule has 0 radical (unpaired) electrons. The van der Waals surface area contributed by atoms with Crippen LogP contribution in [0.15, 0.2) is 37.1 Å². The standard InChI is InChI=1S/C16H14F3N7O/c17-16(18,19)12-2-1-10(7-21-12)15(27)23-11-3-5-25(8-11)13-14-24-22-9-26(14)6-4-20-13/h1-2,4,6-7,9,11H,3,5,8H2,(H,23,27)/t11-/m1/s1. The first-order valence-electron chi connectivity index (χ1n) is 8.15. The second-order valence-electron chi connectivity index (χ2n) is 6.15. The van der Waals surface area contributed by atoms with Crippen LogP contribution in [-0.4, -0.2) is 49.6 Å². The Bertz CT molecular complexity index is 970. The lowest BCUT2D eigenvalue weighted by Crippen LogP contribution is -2.37. The smallest absolute Gasteiger partial charge is 0.351 e. The van der Waals surface area contributed by atoms with Crippen molar-refractivity contribution >= 4 is 17.4 Å². The number of carbonyl (C=O) groups is 1. The van der Waals surface area contributed by atoms with Gasteiger partial charge in [-0.15, -0.1) is 10.2 Å². The van der Waals surface area contributed by atoms with Gasteiger partial charge in [0.15, 0.2) is 5.82 Å². The topological polar surface area (TPSA) is 88.3 Å². The third kappa shape index (κ3) is 3.39. The summed E-state index contributed by atoms with van der Waals surface area (Å²) in [5, 5.41) is 10.7. The molecule has 140 valence electrons. The predicted octanol–water partition coefficient (Wildman–Crippen LogP) is 1.55. The highest BCUT2D eigenvalue weighted by molar-refractivity contribution is 5.94. The number of hydrogen-bond donors (Lipinski definition) is 1. The van der Waals surface area contributed by atoms with Crippen molar-refractivity contribution in [3.05, 3.63) is 48.3 Å². The van der Waals surface area contributed by atoms with Gasteiger partial charge < -0.3 is 10.2 Å². The van der Waals surface area contributed by atoms with Crippen LogP contribution in [0.2, 0.25) is 0 Å². The van der Waals surface area contributed by atoms with Gasteiger partial charge >= 0.3 is 6.18 Å². The van der Waals surface area contributed by atoms with E-state index in [1.54, 1.807) is 23.1 Å². The molecule has 1 atom stereocenters. The zero-order chi connectivity index (χ0) is 19.0. The van der Waals surface area contributed by atoms with Gasteiger partial charge in [-0.05, 0) is 18.6 Å². The van der Waals surface area contributed by atoms with Gasteiger partial charge in [-0.2, -0.15) is 13.2 Å². The van der Waals surface area contributed by atoms with E-state index in [9.17, 15) is 18.0 Å². The number of carbonyl (C=O) groups excluding carboxylic acids is 1. The Balaban J connectivity index is 1.42. The summed E-state index contributed by atoms with van der Waals surface area (Å²) in [6, 6.07) is 1.76. The Labute approximate surface area is 151 Å². The average Bonchev–Trinajstić information content (AvgIpc) is 3.30. The number of alkyl halides is 3. The summed E-state index contributed by atoms with van der Waals surface area (Å²) in [6.45, 7) is 1.18. The van der Waals surface area contributed by atoms with Gasteiger partial charge in [0.1, 0.15) is 12.0 Å². The Kier molecular flexibility index (Phi) is 4.13. The van der Waals surface area contributed by atoms with Gasteiger partial charge in [-0.1, -0.05) is 0 Å². The van der Waals surface area contributed by atoms with E-state index in [-0.39, 0.29) is 11.6 Å². The number of fused-ring (bicyclic) bond motifs is 1. The number of rotatable bonds is 3. The number of halogens is 3. The third-order valence-corrected chi connectivity index (χ3v) is 4.34. The fourth-order valence-corrected chi connectivity index (χ4v) is 3.00. The summed E-state index contributed by atoms with van der Waals surface area (Å²) >= 11 is 0. The highest BCUT2D eigenvalue weighted by atomic mass is 19.4. The van der Waals surface area contributed by atoms with Crippen molar-refractivity contribution in [2.75, 3.05) is 18.0 Å². The van der Waals surface area contributed by atoms with Crippen LogP contribution < -0.4 is 10.2 Å². The Morgan fingerprint density at radius 2 is 2.11 bits per heavy atom. The van der Waals surface area contributed by atoms with E-state index in [4.69, 9.17) is 0 Å². The maximum atomic E-state index is 12.6. The molecule has 1 amide bonds. The first-order chi connectivity index (χ1) is 12.9. The molecule has 1 N–H and O–H groups in total. The Morgan fingerprint density at radius 1 is 1.26 bits per heavy atom. The van der Waals surface area contributed by atoms with E-state index in [0.717, 1.165) is 18.3 Å². The minimum Gasteiger partial charge on any atom is -0.351 e. The first kappa shape index (κ1) is 17.2. The summed E-state index contributed by atoms with van der Waals surface area (Å²) in [6.07, 6.45) is 2.04. The molecule has 8 nitrogen and oxygen atoms in total. The fourth-order valence-electron chi connectivity index (χ4n) is 3.00. The molecule has 0 unspecified atom stereocenters. The molecule has 0 saturated carbocycles. The lowest BCUT2D eigenvalue weighted by molar-refractivity contribution is -0.141. The van der Waals surface area contributed by atoms with Crippen molar-refractivity contribution in [1.82, 2.24) is 29.9 Å². The van der Waals surface area contributed by atoms with E-state index >= 15 is 0 Å². The quantitative estimate of drug-likeness (QED) is 0.745. The molecule has 1 aliphatic rings. The SMILES string of the molecule is O=C(N[C@@H]1CCN(c2nccn3cnnc23)C1)c1ccc(C(F)(F)F)nc1. The number of pyridine rings is 1. The zero-order valence-electron chi connectivity index (χ0n) is 13.9. The number of nitrogens with zero attached hydrogens (tertiary/aromatic N) is 6. The van der Waals surface area contributed by atoms with Crippen molar-refractivity contribution in [3.63, 3.8) is 0 Å². The van der Waals surface area contributed by atoms with Gasteiger partial charge in [0, 0.05) is 37.7 Å². The molecule has 0 aromatic carbocycles. The normalized spacial score (nSPS) is 17.4. The predicted molar refractivity (Wildman–Crippen MR) is 88.1 cm³/mol. The molecule has 0 aliphatic carbocycles. The van der Waals surface area contributed by atoms with E-state index in [1.807, 2.05) is 4.90 Å². The van der Waals surface area contributed by atoms with E-state index < -0.39 is 17.8 Å². The van der Waals surface area contributed by atoms with Crippen LogP contribution in [0.5, 0.6) is 0 Å². The second-order valence-corrected chi connectivity index (χ2v) is 6.15. The molecule has 0 spiro atoms. The summed E-state index contributed by atoms with van der Waals surface area (Å²) < 4.78 is 39.4. The van der Waals surface area contributed by atoms with Crippen LogP contribution >= 0.6 is 0 Å².